The number of hydrogen-bond acceptors (Lipinski definition) is 1. The molecule has 0 aromatic heterocycles. The number of epoxide rings is 1. The Balaban J connectivity index is 1.73. The smallest absolute Gasteiger partial charge is 0.0875 e. The Bertz CT molecular complexity index is 237. The largest absolute Gasteiger partial charge is 0.369 e. The zero-order valence-electron chi connectivity index (χ0n) is 7.57. The van der Waals surface area contributed by atoms with Crippen molar-refractivity contribution < 1.29 is 4.74 Å². The molecule has 0 aromatic rings. The van der Waals surface area contributed by atoms with E-state index in [0.717, 1.165) is 41.8 Å². The summed E-state index contributed by atoms with van der Waals surface area (Å²) in [7, 11) is 0. The number of ether oxygens (including phenoxy) is 1. The van der Waals surface area contributed by atoms with Gasteiger partial charge >= 0.3 is 0 Å². The summed E-state index contributed by atoms with van der Waals surface area (Å²) in [6.07, 6.45) is 5.93. The van der Waals surface area contributed by atoms with Gasteiger partial charge in [0.05, 0.1) is 12.2 Å². The van der Waals surface area contributed by atoms with Gasteiger partial charge in [0.15, 0.2) is 0 Å². The SMILES string of the molecule is C[C@H]1CC2CC1C1CC3OC3C21. The molecule has 0 amide bonds. The lowest BCUT2D eigenvalue weighted by atomic mass is 9.76. The third-order valence-corrected chi connectivity index (χ3v) is 5.07. The summed E-state index contributed by atoms with van der Waals surface area (Å²) in [4.78, 5) is 0. The second-order valence-corrected chi connectivity index (χ2v) is 5.49. The van der Waals surface area contributed by atoms with E-state index in [1.165, 1.54) is 12.8 Å². The van der Waals surface area contributed by atoms with Crippen molar-refractivity contribution in [1.29, 1.82) is 0 Å². The maximum Gasteiger partial charge on any atom is 0.0875 e. The average Bonchev–Trinajstić information content (AvgIpc) is 2.43. The topological polar surface area (TPSA) is 12.5 Å². The van der Waals surface area contributed by atoms with E-state index in [9.17, 15) is 0 Å². The molecule has 2 bridgehead atoms. The lowest BCUT2D eigenvalue weighted by molar-refractivity contribution is 0.119. The second-order valence-electron chi connectivity index (χ2n) is 5.49. The zero-order valence-corrected chi connectivity index (χ0v) is 7.57. The summed E-state index contributed by atoms with van der Waals surface area (Å²) in [5.41, 5.74) is 0. The van der Waals surface area contributed by atoms with E-state index in [1.807, 2.05) is 0 Å². The van der Waals surface area contributed by atoms with E-state index in [-0.39, 0.29) is 0 Å². The van der Waals surface area contributed by atoms with Crippen LogP contribution in [-0.2, 0) is 4.74 Å². The van der Waals surface area contributed by atoms with Gasteiger partial charge in [0, 0.05) is 0 Å². The Morgan fingerprint density at radius 1 is 1.08 bits per heavy atom. The predicted molar refractivity (Wildman–Crippen MR) is 45.6 cm³/mol. The Morgan fingerprint density at radius 3 is 2.92 bits per heavy atom. The summed E-state index contributed by atoms with van der Waals surface area (Å²) in [6.45, 7) is 2.46. The van der Waals surface area contributed by atoms with E-state index in [1.54, 1.807) is 6.42 Å². The fraction of sp³-hybridized carbons (Fsp3) is 1.00. The first-order valence-electron chi connectivity index (χ1n) is 5.50. The van der Waals surface area contributed by atoms with Gasteiger partial charge in [0.2, 0.25) is 0 Å². The van der Waals surface area contributed by atoms with Crippen LogP contribution in [0.15, 0.2) is 0 Å². The van der Waals surface area contributed by atoms with Gasteiger partial charge in [-0.3, -0.25) is 0 Å². The molecule has 0 radical (unpaired) electrons. The molecule has 3 aliphatic carbocycles. The van der Waals surface area contributed by atoms with Crippen molar-refractivity contribution in [3.63, 3.8) is 0 Å². The van der Waals surface area contributed by atoms with E-state index >= 15 is 0 Å². The highest BCUT2D eigenvalue weighted by molar-refractivity contribution is 5.13. The monoisotopic (exact) mass is 164 g/mol. The first kappa shape index (κ1) is 6.42. The Morgan fingerprint density at radius 2 is 2.00 bits per heavy atom. The van der Waals surface area contributed by atoms with Gasteiger partial charge in [-0.15, -0.1) is 0 Å². The normalized spacial score (nSPS) is 71.2. The van der Waals surface area contributed by atoms with Gasteiger partial charge in [-0.1, -0.05) is 6.92 Å². The molecule has 1 heteroatoms. The molecular weight excluding hydrogens is 148 g/mol. The number of hydrogen-bond donors (Lipinski definition) is 0. The van der Waals surface area contributed by atoms with Crippen LogP contribution in [0.1, 0.15) is 26.2 Å². The third-order valence-electron chi connectivity index (χ3n) is 5.07. The molecule has 1 nitrogen and oxygen atoms in total. The molecule has 12 heavy (non-hydrogen) atoms. The lowest BCUT2D eigenvalue weighted by Crippen LogP contribution is -2.26. The minimum absolute atomic E-state index is 0.718. The van der Waals surface area contributed by atoms with Gasteiger partial charge in [-0.25, -0.2) is 0 Å². The van der Waals surface area contributed by atoms with Crippen LogP contribution < -0.4 is 0 Å². The molecule has 0 N–H and O–H groups in total. The van der Waals surface area contributed by atoms with Crippen molar-refractivity contribution in [2.75, 3.05) is 0 Å². The number of rotatable bonds is 0. The summed E-state index contributed by atoms with van der Waals surface area (Å²) in [5, 5.41) is 0. The molecule has 0 aromatic carbocycles. The van der Waals surface area contributed by atoms with Crippen molar-refractivity contribution >= 4 is 0 Å². The minimum Gasteiger partial charge on any atom is -0.369 e. The Labute approximate surface area is 73.5 Å². The standard InChI is InChI=1S/C11H16O/c1-5-2-6-3-7(5)8-4-9-11(12-9)10(6)8/h5-11H,2-4H2,1H3/t5-,6?,7?,8?,9?,10?,11?/m0/s1. The number of fused-ring (bicyclic) bond motifs is 7. The fourth-order valence-corrected chi connectivity index (χ4v) is 4.67. The fourth-order valence-electron chi connectivity index (χ4n) is 4.67. The van der Waals surface area contributed by atoms with Gasteiger partial charge < -0.3 is 4.74 Å². The Kier molecular flexibility index (Phi) is 0.934. The predicted octanol–water partition coefficient (Wildman–Crippen LogP) is 2.07. The highest BCUT2D eigenvalue weighted by Crippen LogP contribution is 2.65. The van der Waals surface area contributed by atoms with Crippen molar-refractivity contribution in [2.24, 2.45) is 29.6 Å². The molecule has 0 spiro atoms. The van der Waals surface area contributed by atoms with Crippen molar-refractivity contribution in [2.45, 2.75) is 38.4 Å². The van der Waals surface area contributed by atoms with E-state index in [2.05, 4.69) is 6.92 Å². The van der Waals surface area contributed by atoms with Gasteiger partial charge in [0.25, 0.3) is 0 Å². The molecule has 3 saturated carbocycles. The first-order chi connectivity index (χ1) is 5.84. The van der Waals surface area contributed by atoms with Crippen LogP contribution in [0.5, 0.6) is 0 Å². The third kappa shape index (κ3) is 0.555. The molecular formula is C11H16O. The first-order valence-corrected chi connectivity index (χ1v) is 5.50. The summed E-state index contributed by atoms with van der Waals surface area (Å²) in [5.74, 6) is 5.29. The summed E-state index contributed by atoms with van der Waals surface area (Å²) < 4.78 is 5.65. The van der Waals surface area contributed by atoms with Crippen LogP contribution in [0.3, 0.4) is 0 Å². The quantitative estimate of drug-likeness (QED) is 0.499. The maximum atomic E-state index is 5.65. The molecule has 4 aliphatic rings. The summed E-state index contributed by atoms with van der Waals surface area (Å²) in [6, 6.07) is 0. The zero-order chi connectivity index (χ0) is 7.87. The van der Waals surface area contributed by atoms with Crippen LogP contribution in [0.4, 0.5) is 0 Å². The molecule has 1 saturated heterocycles. The maximum absolute atomic E-state index is 5.65. The van der Waals surface area contributed by atoms with E-state index in [0.29, 0.717) is 0 Å². The Hall–Kier alpha value is -0.0400. The van der Waals surface area contributed by atoms with Crippen molar-refractivity contribution in [3.8, 4) is 0 Å². The van der Waals surface area contributed by atoms with E-state index in [4.69, 9.17) is 4.74 Å². The highest BCUT2D eigenvalue weighted by atomic mass is 16.6. The van der Waals surface area contributed by atoms with E-state index < -0.39 is 0 Å². The van der Waals surface area contributed by atoms with Crippen molar-refractivity contribution in [1.82, 2.24) is 0 Å². The molecule has 4 rings (SSSR count). The van der Waals surface area contributed by atoms with Crippen LogP contribution in [-0.4, -0.2) is 12.2 Å². The van der Waals surface area contributed by atoms with Crippen molar-refractivity contribution in [3.05, 3.63) is 0 Å². The van der Waals surface area contributed by atoms with Crippen LogP contribution in [0.2, 0.25) is 0 Å². The molecule has 1 heterocycles. The lowest BCUT2D eigenvalue weighted by Gasteiger charge is -2.30. The highest BCUT2D eigenvalue weighted by Gasteiger charge is 2.65. The minimum atomic E-state index is 0.718. The van der Waals surface area contributed by atoms with Crippen LogP contribution in [0.25, 0.3) is 0 Å². The molecule has 6 unspecified atom stereocenters. The van der Waals surface area contributed by atoms with Gasteiger partial charge in [-0.05, 0) is 48.9 Å². The van der Waals surface area contributed by atoms with Gasteiger partial charge in [0.1, 0.15) is 0 Å². The average molecular weight is 164 g/mol. The molecule has 7 atom stereocenters. The molecule has 1 aliphatic heterocycles. The van der Waals surface area contributed by atoms with Crippen LogP contribution >= 0.6 is 0 Å². The molecule has 66 valence electrons. The van der Waals surface area contributed by atoms with Crippen LogP contribution in [0, 0.1) is 29.6 Å². The molecule has 4 fully saturated rings. The van der Waals surface area contributed by atoms with Gasteiger partial charge in [-0.2, -0.15) is 0 Å². The second kappa shape index (κ2) is 1.75. The summed E-state index contributed by atoms with van der Waals surface area (Å²) >= 11 is 0.